The molecule has 0 bridgehead atoms. The monoisotopic (exact) mass is 365 g/mol. The van der Waals surface area contributed by atoms with E-state index in [4.69, 9.17) is 0 Å². The molecule has 1 fully saturated rings. The molecule has 1 aromatic rings. The summed E-state index contributed by atoms with van der Waals surface area (Å²) in [4.78, 5) is 14.8. The molecule has 2 aliphatic rings. The number of fused-ring (bicyclic) bond motifs is 1. The van der Waals surface area contributed by atoms with Gasteiger partial charge in [0.15, 0.2) is 0 Å². The molecule has 1 aromatic carbocycles. The number of nitriles is 1. The zero-order chi connectivity index (χ0) is 19.2. The van der Waals surface area contributed by atoms with E-state index in [1.807, 2.05) is 0 Å². The maximum atomic E-state index is 12.7. The summed E-state index contributed by atoms with van der Waals surface area (Å²) in [6.07, 6.45) is 9.70. The highest BCUT2D eigenvalue weighted by atomic mass is 16.1. The second kappa shape index (κ2) is 9.08. The molecular weight excluding hydrogens is 334 g/mol. The van der Waals surface area contributed by atoms with Gasteiger partial charge in [-0.3, -0.25) is 4.79 Å². The average molecular weight is 366 g/mol. The van der Waals surface area contributed by atoms with Crippen LogP contribution in [0.5, 0.6) is 0 Å². The Kier molecular flexibility index (Phi) is 6.55. The van der Waals surface area contributed by atoms with Crippen molar-refractivity contribution in [1.82, 2.24) is 10.2 Å². The first kappa shape index (κ1) is 19.5. The lowest BCUT2D eigenvalue weighted by molar-refractivity contribution is -0.118. The van der Waals surface area contributed by atoms with Crippen molar-refractivity contribution in [3.63, 3.8) is 0 Å². The normalized spacial score (nSPS) is 21.1. The summed E-state index contributed by atoms with van der Waals surface area (Å²) >= 11 is 0. The summed E-state index contributed by atoms with van der Waals surface area (Å²) in [6, 6.07) is 8.66. The third-order valence-corrected chi connectivity index (χ3v) is 5.85. The molecule has 2 atom stereocenters. The van der Waals surface area contributed by atoms with E-state index < -0.39 is 0 Å². The van der Waals surface area contributed by atoms with Crippen molar-refractivity contribution in [3.05, 3.63) is 46.7 Å². The van der Waals surface area contributed by atoms with Gasteiger partial charge in [-0.1, -0.05) is 32.0 Å². The van der Waals surface area contributed by atoms with Crippen molar-refractivity contribution >= 4 is 5.91 Å². The van der Waals surface area contributed by atoms with Crippen LogP contribution in [-0.4, -0.2) is 23.9 Å². The van der Waals surface area contributed by atoms with Gasteiger partial charge in [-0.25, -0.2) is 0 Å². The lowest BCUT2D eigenvalue weighted by atomic mass is 9.88. The van der Waals surface area contributed by atoms with Crippen LogP contribution < -0.4 is 5.32 Å². The van der Waals surface area contributed by atoms with Gasteiger partial charge in [0, 0.05) is 19.3 Å². The Labute approximate surface area is 163 Å². The number of hydrogen-bond donors (Lipinski definition) is 1. The summed E-state index contributed by atoms with van der Waals surface area (Å²) in [7, 11) is 0. The third-order valence-electron chi connectivity index (χ3n) is 5.85. The highest BCUT2D eigenvalue weighted by molar-refractivity contribution is 5.97. The van der Waals surface area contributed by atoms with Gasteiger partial charge in [-0.15, -0.1) is 0 Å². The van der Waals surface area contributed by atoms with Crippen molar-refractivity contribution < 1.29 is 4.79 Å². The van der Waals surface area contributed by atoms with Gasteiger partial charge < -0.3 is 10.2 Å². The lowest BCUT2D eigenvalue weighted by Crippen LogP contribution is -2.33. The van der Waals surface area contributed by atoms with Crippen LogP contribution in [0.3, 0.4) is 0 Å². The van der Waals surface area contributed by atoms with Crippen LogP contribution in [0, 0.1) is 17.2 Å². The quantitative estimate of drug-likeness (QED) is 0.626. The van der Waals surface area contributed by atoms with Gasteiger partial charge in [-0.2, -0.15) is 5.26 Å². The number of likely N-dealkylation sites (tertiary alicyclic amines) is 1. The van der Waals surface area contributed by atoms with E-state index in [2.05, 4.69) is 48.3 Å². The predicted octanol–water partition coefficient (Wildman–Crippen LogP) is 4.27. The fourth-order valence-electron chi connectivity index (χ4n) is 4.29. The molecule has 0 spiro atoms. The van der Waals surface area contributed by atoms with Gasteiger partial charge in [0.1, 0.15) is 11.6 Å². The molecule has 1 amide bonds. The predicted molar refractivity (Wildman–Crippen MR) is 108 cm³/mol. The minimum Gasteiger partial charge on any atom is -0.376 e. The van der Waals surface area contributed by atoms with E-state index in [0.29, 0.717) is 5.92 Å². The number of piperidine rings is 1. The SMILES string of the molecule is CCC(NC(=O)/C(C#N)=C\N1CCCC(C)C1)c1ccc2c(c1)CCCC2. The Morgan fingerprint density at radius 3 is 2.81 bits per heavy atom. The Morgan fingerprint density at radius 1 is 1.33 bits per heavy atom. The first-order valence-corrected chi connectivity index (χ1v) is 10.4. The number of nitrogens with zero attached hydrogens (tertiary/aromatic N) is 2. The second-order valence-electron chi connectivity index (χ2n) is 8.07. The number of carbonyl (C=O) groups excluding carboxylic acids is 1. The molecular formula is C23H31N3O. The van der Waals surface area contributed by atoms with Crippen LogP contribution in [0.2, 0.25) is 0 Å². The zero-order valence-corrected chi connectivity index (χ0v) is 16.6. The molecule has 4 nitrogen and oxygen atoms in total. The van der Waals surface area contributed by atoms with Crippen LogP contribution >= 0.6 is 0 Å². The smallest absolute Gasteiger partial charge is 0.263 e. The molecule has 1 aliphatic heterocycles. The number of benzene rings is 1. The number of carbonyl (C=O) groups is 1. The van der Waals surface area contributed by atoms with E-state index in [-0.39, 0.29) is 17.5 Å². The van der Waals surface area contributed by atoms with E-state index in [1.54, 1.807) is 6.20 Å². The number of nitrogens with one attached hydrogen (secondary N) is 1. The standard InChI is InChI=1S/C23H31N3O/c1-3-22(20-11-10-18-8-4-5-9-19(18)13-20)25-23(27)21(14-24)16-26-12-6-7-17(2)15-26/h10-11,13,16-17,22H,3-9,12,15H2,1-2H3,(H,25,27)/b21-16-. The van der Waals surface area contributed by atoms with E-state index in [1.165, 1.54) is 30.4 Å². The molecule has 4 heteroatoms. The van der Waals surface area contributed by atoms with E-state index >= 15 is 0 Å². The summed E-state index contributed by atoms with van der Waals surface area (Å²) in [6.45, 7) is 6.13. The van der Waals surface area contributed by atoms with Gasteiger partial charge in [-0.05, 0) is 67.6 Å². The Balaban J connectivity index is 1.71. The summed E-state index contributed by atoms with van der Waals surface area (Å²) < 4.78 is 0. The van der Waals surface area contributed by atoms with Crippen LogP contribution in [0.4, 0.5) is 0 Å². The number of hydrogen-bond acceptors (Lipinski definition) is 3. The lowest BCUT2D eigenvalue weighted by Gasteiger charge is -2.30. The first-order valence-electron chi connectivity index (χ1n) is 10.4. The Morgan fingerprint density at radius 2 is 2.11 bits per heavy atom. The molecule has 1 heterocycles. The van der Waals surface area contributed by atoms with Gasteiger partial charge in [0.05, 0.1) is 6.04 Å². The van der Waals surface area contributed by atoms with Crippen molar-refractivity contribution in [2.45, 2.75) is 64.8 Å². The highest BCUT2D eigenvalue weighted by Gasteiger charge is 2.20. The molecule has 144 valence electrons. The summed E-state index contributed by atoms with van der Waals surface area (Å²) in [5, 5.41) is 12.6. The molecule has 1 N–H and O–H groups in total. The maximum absolute atomic E-state index is 12.7. The second-order valence-corrected chi connectivity index (χ2v) is 8.07. The average Bonchev–Trinajstić information content (AvgIpc) is 2.69. The zero-order valence-electron chi connectivity index (χ0n) is 16.6. The van der Waals surface area contributed by atoms with Crippen LogP contribution in [0.15, 0.2) is 30.0 Å². The highest BCUT2D eigenvalue weighted by Crippen LogP contribution is 2.26. The van der Waals surface area contributed by atoms with Crippen LogP contribution in [-0.2, 0) is 17.6 Å². The van der Waals surface area contributed by atoms with Crippen LogP contribution in [0.25, 0.3) is 0 Å². The van der Waals surface area contributed by atoms with E-state index in [9.17, 15) is 10.1 Å². The molecule has 0 aromatic heterocycles. The first-order chi connectivity index (χ1) is 13.1. The summed E-state index contributed by atoms with van der Waals surface area (Å²) in [5.74, 6) is 0.345. The minimum atomic E-state index is -0.264. The van der Waals surface area contributed by atoms with Crippen molar-refractivity contribution in [2.24, 2.45) is 5.92 Å². The largest absolute Gasteiger partial charge is 0.376 e. The molecule has 2 unspecified atom stereocenters. The van der Waals surface area contributed by atoms with Crippen LogP contribution in [0.1, 0.15) is 68.7 Å². The Bertz CT molecular complexity index is 746. The van der Waals surface area contributed by atoms with Crippen molar-refractivity contribution in [3.8, 4) is 6.07 Å². The minimum absolute atomic E-state index is 0.0539. The Hall–Kier alpha value is -2.28. The van der Waals surface area contributed by atoms with E-state index in [0.717, 1.165) is 44.3 Å². The maximum Gasteiger partial charge on any atom is 0.263 e. The topological polar surface area (TPSA) is 56.1 Å². The third kappa shape index (κ3) is 4.91. The number of rotatable bonds is 5. The molecule has 1 aliphatic carbocycles. The van der Waals surface area contributed by atoms with Crippen molar-refractivity contribution in [2.75, 3.05) is 13.1 Å². The van der Waals surface area contributed by atoms with Crippen molar-refractivity contribution in [1.29, 1.82) is 5.26 Å². The molecule has 27 heavy (non-hydrogen) atoms. The summed E-state index contributed by atoms with van der Waals surface area (Å²) in [5.41, 5.74) is 4.23. The number of aryl methyl sites for hydroxylation is 2. The molecule has 3 rings (SSSR count). The van der Waals surface area contributed by atoms with Gasteiger partial charge >= 0.3 is 0 Å². The van der Waals surface area contributed by atoms with Gasteiger partial charge in [0.25, 0.3) is 5.91 Å². The fraction of sp³-hybridized carbons (Fsp3) is 0.565. The molecule has 1 saturated heterocycles. The number of amides is 1. The van der Waals surface area contributed by atoms with Gasteiger partial charge in [0.2, 0.25) is 0 Å². The fourth-order valence-corrected chi connectivity index (χ4v) is 4.29. The molecule has 0 radical (unpaired) electrons. The molecule has 0 saturated carbocycles.